The van der Waals surface area contributed by atoms with E-state index in [4.69, 9.17) is 36.9 Å². The number of rotatable bonds is 0. The Kier molecular flexibility index (Phi) is 54.5. The third-order valence-corrected chi connectivity index (χ3v) is 0. The molecule has 0 radical (unpaired) electrons. The third kappa shape index (κ3) is 7030. The van der Waals surface area contributed by atoms with Crippen LogP contribution in [0.25, 0.3) is 0 Å². The van der Waals surface area contributed by atoms with Crippen LogP contribution in [0.2, 0.25) is 103 Å². The molecule has 46 heavy (non-hydrogen) atoms. The molecule has 0 amide bonds. The van der Waals surface area contributed by atoms with Gasteiger partial charge in [-0.05, 0) is 0 Å². The molecule has 0 atom stereocenters. The molecule has 28 heteroatoms. The van der Waals surface area contributed by atoms with Gasteiger partial charge >= 0.3 is 327 Å². The maximum atomic E-state index is 9.83. The molecule has 0 rings (SSSR count). The summed E-state index contributed by atoms with van der Waals surface area (Å²) in [6, 6.07) is 0. The molecule has 9 N–H and O–H groups in total. The maximum absolute atomic E-state index is 9.83. The van der Waals surface area contributed by atoms with Gasteiger partial charge < -0.3 is 0 Å². The fourth-order valence-corrected chi connectivity index (χ4v) is 0. The van der Waals surface area contributed by atoms with E-state index in [0.29, 0.717) is 0 Å². The van der Waals surface area contributed by atoms with Gasteiger partial charge in [-0.2, -0.15) is 0 Å². The van der Waals surface area contributed by atoms with Crippen molar-refractivity contribution in [2.24, 2.45) is 0 Å². The summed E-state index contributed by atoms with van der Waals surface area (Å²) in [7, 11) is 0. The van der Waals surface area contributed by atoms with Gasteiger partial charge in [-0.15, -0.1) is 0 Å². The fraction of sp³-hybridized carbons (Fsp3) is 1.00. The first-order valence-electron chi connectivity index (χ1n) is 11.5. The summed E-state index contributed by atoms with van der Waals surface area (Å²) in [5.41, 5.74) is 24.5. The summed E-state index contributed by atoms with van der Waals surface area (Å²) in [5, 5.41) is 0. The average Bonchev–Trinajstić information content (AvgIpc) is 2.26. The first-order chi connectivity index (χ1) is 18.0. The molecule has 0 aromatic rings. The summed E-state index contributed by atoms with van der Waals surface area (Å²) in [6.45, 7) is 0. The van der Waals surface area contributed by atoms with Crippen LogP contribution in [-0.2, 0) is 33.7 Å². The topological polar surface area (TPSA) is 336 Å². The zero-order valence-electron chi connectivity index (χ0n) is 29.7. The molecule has 0 aromatic heterocycles. The van der Waals surface area contributed by atoms with Crippen LogP contribution in [0.1, 0.15) is 0 Å². The summed E-state index contributed by atoms with van der Waals surface area (Å²) in [5.74, 6) is 0. The normalized spacial score (nSPS) is 11.5. The molecule has 0 aliphatic rings. The van der Waals surface area contributed by atoms with Crippen LogP contribution in [0.3, 0.4) is 0 Å². The van der Waals surface area contributed by atoms with E-state index >= 15 is 0 Å². The van der Waals surface area contributed by atoms with Crippen LogP contribution < -0.4 is 0 Å². The second kappa shape index (κ2) is 33.4. The van der Waals surface area contributed by atoms with Gasteiger partial charge in [-0.3, -0.25) is 0 Å². The zero-order chi connectivity index (χ0) is 40.5. The van der Waals surface area contributed by atoms with Crippen LogP contribution in [0, 0.1) is 0 Å². The van der Waals surface area contributed by atoms with Crippen molar-refractivity contribution in [3.05, 3.63) is 0 Å². The molecule has 0 aromatic carbocycles. The van der Waals surface area contributed by atoms with E-state index in [-0.39, 0.29) is 29.6 Å². The Bertz CT molecular complexity index is 776. The molecule has 18 nitrogen and oxygen atoms in total. The quantitative estimate of drug-likeness (QED) is 0.148. The van der Waals surface area contributed by atoms with Crippen LogP contribution in [0.4, 0.5) is 0 Å². The van der Waals surface area contributed by atoms with Crippen molar-refractivity contribution in [1.82, 2.24) is 0 Å². The molecule has 290 valence electrons. The molecule has 0 aliphatic carbocycles. The van der Waals surface area contributed by atoms with E-state index in [1.807, 2.05) is 0 Å². The van der Waals surface area contributed by atoms with Crippen LogP contribution >= 0.6 is 0 Å². The zero-order valence-corrected chi connectivity index (χ0v) is 46.6. The van der Waals surface area contributed by atoms with Gasteiger partial charge in [0.1, 0.15) is 0 Å². The molecule has 0 bridgehead atoms. The van der Waals surface area contributed by atoms with Crippen molar-refractivity contribution < 1.29 is 70.5 Å². The van der Waals surface area contributed by atoms with E-state index in [9.17, 15) is 33.7 Å². The number of hydrogen-bond acceptors (Lipinski definition) is 9. The SMILES string of the molecule is C[As](C)(=O)O.C[As](C)(=O)O.C[As](C)(=O)O.C[As](C)(=O)O.C[As](C)(=O)O.C[As](C)(=O)O.C[As](C)(=O)O.C[As](C)(=O)O.C[As](C)(=O)O.[NaH]. The first-order valence-corrected chi connectivity index (χ1v) is 59.7. The van der Waals surface area contributed by atoms with E-state index in [1.54, 1.807) is 0 Å². The van der Waals surface area contributed by atoms with E-state index < -0.39 is 124 Å². The Morgan fingerprint density at radius 3 is 0.196 bits per heavy atom. The summed E-state index contributed by atoms with van der Waals surface area (Å²) in [6.07, 6.45) is 0. The summed E-state index contributed by atoms with van der Waals surface area (Å²) >= 11 is -28.1. The molecule has 0 fully saturated rings. The van der Waals surface area contributed by atoms with Gasteiger partial charge in [0.25, 0.3) is 0 Å². The molecule has 0 aliphatic heterocycles. The van der Waals surface area contributed by atoms with E-state index in [1.165, 1.54) is 103 Å². The van der Waals surface area contributed by atoms with Gasteiger partial charge in [-0.25, -0.2) is 0 Å². The van der Waals surface area contributed by atoms with E-state index in [0.717, 1.165) is 0 Å². The molecular formula is C18H64As9NaO18. The summed E-state index contributed by atoms with van der Waals surface area (Å²) < 4.78 is 162. The Balaban J connectivity index is -0.0000000395. The predicted octanol–water partition coefficient (Wildman–Crippen LogP) is 0.351. The fourth-order valence-electron chi connectivity index (χ4n) is 0. The van der Waals surface area contributed by atoms with Gasteiger partial charge in [-0.1, -0.05) is 0 Å². The first kappa shape index (κ1) is 74.9. The van der Waals surface area contributed by atoms with Crippen molar-refractivity contribution in [1.29, 1.82) is 0 Å². The van der Waals surface area contributed by atoms with Crippen molar-refractivity contribution in [2.75, 3.05) is 0 Å². The minimum atomic E-state index is -3.12. The molecule has 0 saturated carbocycles. The second-order valence-corrected chi connectivity index (χ2v) is 60.5. The van der Waals surface area contributed by atoms with Crippen molar-refractivity contribution in [3.8, 4) is 0 Å². The average molecular weight is 1270 g/mol. The van der Waals surface area contributed by atoms with Crippen molar-refractivity contribution in [3.63, 3.8) is 0 Å². The van der Waals surface area contributed by atoms with Crippen LogP contribution in [0.5, 0.6) is 0 Å². The van der Waals surface area contributed by atoms with Gasteiger partial charge in [0.2, 0.25) is 0 Å². The van der Waals surface area contributed by atoms with Crippen molar-refractivity contribution in [2.45, 2.75) is 103 Å². The predicted molar refractivity (Wildman–Crippen MR) is 191 cm³/mol. The standard InChI is InChI=1S/9C2H7AsO2.Na.H/c9*1-3(2,4)5;;/h9*1-2H3,(H,4,5);;. The molecule has 0 saturated heterocycles. The number of hydrogen-bond donors (Lipinski definition) is 9. The Morgan fingerprint density at radius 2 is 0.196 bits per heavy atom. The van der Waals surface area contributed by atoms with E-state index in [2.05, 4.69) is 0 Å². The molecule has 0 spiro atoms. The Labute approximate surface area is 322 Å². The van der Waals surface area contributed by atoms with Crippen molar-refractivity contribution >= 4 is 154 Å². The molecular weight excluding hydrogens is 1200 g/mol. The second-order valence-electron chi connectivity index (χ2n) is 11.6. The Morgan fingerprint density at radius 1 is 0.196 bits per heavy atom. The minimum absolute atomic E-state index is 0. The van der Waals surface area contributed by atoms with Crippen LogP contribution in [0.15, 0.2) is 0 Å². The monoisotopic (exact) mass is 1270 g/mol. The van der Waals surface area contributed by atoms with Crippen LogP contribution in [-0.4, -0.2) is 191 Å². The van der Waals surface area contributed by atoms with Gasteiger partial charge in [0.15, 0.2) is 0 Å². The Hall–Kier alpha value is 3.87. The molecule has 0 unspecified atom stereocenters. The summed E-state index contributed by atoms with van der Waals surface area (Å²) in [4.78, 5) is 0. The third-order valence-electron chi connectivity index (χ3n) is 0. The van der Waals surface area contributed by atoms with Gasteiger partial charge in [0.05, 0.1) is 0 Å². The van der Waals surface area contributed by atoms with Gasteiger partial charge in [0, 0.05) is 0 Å². The molecule has 0 heterocycles.